The van der Waals surface area contributed by atoms with Crippen LogP contribution in [0.3, 0.4) is 0 Å². The van der Waals surface area contributed by atoms with Gasteiger partial charge in [-0.1, -0.05) is 18.2 Å². The zero-order valence-electron chi connectivity index (χ0n) is 10.4. The number of anilines is 1. The van der Waals surface area contributed by atoms with Crippen LogP contribution in [0.25, 0.3) is 0 Å². The van der Waals surface area contributed by atoms with Crippen molar-refractivity contribution >= 4 is 11.5 Å². The predicted octanol–water partition coefficient (Wildman–Crippen LogP) is 2.61. The van der Waals surface area contributed by atoms with Crippen LogP contribution in [-0.2, 0) is 6.61 Å². The average Bonchev–Trinajstić information content (AvgIpc) is 2.45. The summed E-state index contributed by atoms with van der Waals surface area (Å²) in [7, 11) is 1.76. The number of benzene rings is 1. The molecule has 0 saturated carbocycles. The van der Waals surface area contributed by atoms with Crippen LogP contribution in [0.5, 0.6) is 5.75 Å². The number of nitro benzene ring substituents is 1. The summed E-state index contributed by atoms with van der Waals surface area (Å²) in [5.74, 6) is 0.944. The number of pyridine rings is 1. The van der Waals surface area contributed by atoms with Crippen molar-refractivity contribution in [3.8, 4) is 5.75 Å². The van der Waals surface area contributed by atoms with Crippen LogP contribution in [0, 0.1) is 10.1 Å². The largest absolute Gasteiger partial charge is 0.482 e. The molecule has 1 aromatic heterocycles. The Hall–Kier alpha value is -2.63. The highest BCUT2D eigenvalue weighted by molar-refractivity contribution is 5.47. The van der Waals surface area contributed by atoms with E-state index in [1.54, 1.807) is 37.5 Å². The molecule has 6 heteroatoms. The van der Waals surface area contributed by atoms with Crippen LogP contribution in [0.1, 0.15) is 5.56 Å². The third-order valence-corrected chi connectivity index (χ3v) is 2.57. The van der Waals surface area contributed by atoms with Gasteiger partial charge in [0.25, 0.3) is 0 Å². The maximum Gasteiger partial charge on any atom is 0.310 e. The fourth-order valence-corrected chi connectivity index (χ4v) is 1.67. The Balaban J connectivity index is 2.17. The minimum atomic E-state index is -0.461. The molecule has 0 aliphatic carbocycles. The van der Waals surface area contributed by atoms with Gasteiger partial charge in [0.2, 0.25) is 0 Å². The lowest BCUT2D eigenvalue weighted by atomic mass is 10.2. The zero-order chi connectivity index (χ0) is 13.7. The summed E-state index contributed by atoms with van der Waals surface area (Å²) in [4.78, 5) is 14.5. The number of nitro groups is 1. The summed E-state index contributed by atoms with van der Waals surface area (Å²) in [5, 5.41) is 13.8. The fourth-order valence-electron chi connectivity index (χ4n) is 1.67. The molecule has 0 bridgehead atoms. The Labute approximate surface area is 110 Å². The van der Waals surface area contributed by atoms with Crippen LogP contribution in [0.2, 0.25) is 0 Å². The number of rotatable bonds is 5. The first kappa shape index (κ1) is 12.8. The molecule has 1 N–H and O–H groups in total. The molecule has 1 aromatic carbocycles. The second kappa shape index (κ2) is 5.81. The van der Waals surface area contributed by atoms with E-state index < -0.39 is 4.92 Å². The first-order valence-electron chi connectivity index (χ1n) is 5.70. The average molecular weight is 259 g/mol. The summed E-state index contributed by atoms with van der Waals surface area (Å²) in [6.45, 7) is 0.217. The van der Waals surface area contributed by atoms with Gasteiger partial charge in [0, 0.05) is 24.9 Å². The molecule has 0 amide bonds. The van der Waals surface area contributed by atoms with Crippen molar-refractivity contribution in [2.45, 2.75) is 6.61 Å². The molecule has 19 heavy (non-hydrogen) atoms. The molecule has 2 rings (SSSR count). The first-order valence-corrected chi connectivity index (χ1v) is 5.70. The van der Waals surface area contributed by atoms with Gasteiger partial charge in [0.05, 0.1) is 4.92 Å². The van der Waals surface area contributed by atoms with Gasteiger partial charge < -0.3 is 10.1 Å². The highest BCUT2D eigenvalue weighted by atomic mass is 16.6. The third kappa shape index (κ3) is 2.98. The van der Waals surface area contributed by atoms with Gasteiger partial charge in [-0.2, -0.15) is 0 Å². The Morgan fingerprint density at radius 3 is 2.84 bits per heavy atom. The van der Waals surface area contributed by atoms with E-state index in [9.17, 15) is 10.1 Å². The van der Waals surface area contributed by atoms with E-state index in [1.807, 2.05) is 6.07 Å². The van der Waals surface area contributed by atoms with Gasteiger partial charge in [-0.05, 0) is 12.1 Å². The van der Waals surface area contributed by atoms with E-state index in [-0.39, 0.29) is 18.0 Å². The summed E-state index contributed by atoms with van der Waals surface area (Å²) < 4.78 is 5.51. The van der Waals surface area contributed by atoms with E-state index >= 15 is 0 Å². The lowest BCUT2D eigenvalue weighted by Crippen LogP contribution is -2.03. The van der Waals surface area contributed by atoms with Crippen LogP contribution < -0.4 is 10.1 Å². The fraction of sp³-hybridized carbons (Fsp3) is 0.154. The predicted molar refractivity (Wildman–Crippen MR) is 71.2 cm³/mol. The molecule has 2 aromatic rings. The molecule has 98 valence electrons. The van der Waals surface area contributed by atoms with Crippen LogP contribution in [0.4, 0.5) is 11.5 Å². The van der Waals surface area contributed by atoms with Gasteiger partial charge in [-0.15, -0.1) is 0 Å². The minimum Gasteiger partial charge on any atom is -0.482 e. The van der Waals surface area contributed by atoms with Gasteiger partial charge in [-0.25, -0.2) is 4.98 Å². The number of hydrogen-bond donors (Lipinski definition) is 1. The number of nitrogens with one attached hydrogen (secondary N) is 1. The van der Waals surface area contributed by atoms with Gasteiger partial charge in [0.15, 0.2) is 5.75 Å². The highest BCUT2D eigenvalue weighted by Gasteiger charge is 2.14. The van der Waals surface area contributed by atoms with Crippen LogP contribution in [-0.4, -0.2) is 17.0 Å². The summed E-state index contributed by atoms with van der Waals surface area (Å²) >= 11 is 0. The molecule has 0 aliphatic rings. The second-order valence-electron chi connectivity index (χ2n) is 3.77. The van der Waals surface area contributed by atoms with E-state index in [4.69, 9.17) is 4.74 Å². The Morgan fingerprint density at radius 1 is 1.32 bits per heavy atom. The van der Waals surface area contributed by atoms with Crippen molar-refractivity contribution in [3.63, 3.8) is 0 Å². The third-order valence-electron chi connectivity index (χ3n) is 2.57. The molecule has 0 unspecified atom stereocenters. The summed E-state index contributed by atoms with van der Waals surface area (Å²) in [5.41, 5.74) is 0.792. The SMILES string of the molecule is CNc1ncccc1COc1ccccc1[N+](=O)[O-]. The molecule has 0 spiro atoms. The lowest BCUT2D eigenvalue weighted by molar-refractivity contribution is -0.385. The monoisotopic (exact) mass is 259 g/mol. The van der Waals surface area contributed by atoms with Crippen molar-refractivity contribution in [2.24, 2.45) is 0 Å². The molecule has 6 nitrogen and oxygen atoms in total. The van der Waals surface area contributed by atoms with Gasteiger partial charge >= 0.3 is 5.69 Å². The molecular formula is C13H13N3O3. The van der Waals surface area contributed by atoms with Crippen molar-refractivity contribution in [1.82, 2.24) is 4.98 Å². The maximum atomic E-state index is 10.9. The van der Waals surface area contributed by atoms with E-state index in [1.165, 1.54) is 6.07 Å². The van der Waals surface area contributed by atoms with Gasteiger partial charge in [0.1, 0.15) is 12.4 Å². The quantitative estimate of drug-likeness (QED) is 0.659. The van der Waals surface area contributed by atoms with Gasteiger partial charge in [-0.3, -0.25) is 10.1 Å². The smallest absolute Gasteiger partial charge is 0.310 e. The first-order chi connectivity index (χ1) is 9.22. The van der Waals surface area contributed by atoms with Crippen LogP contribution in [0.15, 0.2) is 42.6 Å². The van der Waals surface area contributed by atoms with Crippen molar-refractivity contribution in [1.29, 1.82) is 0 Å². The zero-order valence-corrected chi connectivity index (χ0v) is 10.4. The second-order valence-corrected chi connectivity index (χ2v) is 3.77. The summed E-state index contributed by atoms with van der Waals surface area (Å²) in [6.07, 6.45) is 1.67. The maximum absolute atomic E-state index is 10.9. The van der Waals surface area contributed by atoms with Crippen molar-refractivity contribution in [3.05, 3.63) is 58.3 Å². The minimum absolute atomic E-state index is 0.0441. The standard InChI is InChI=1S/C13H13N3O3/c1-14-13-10(5-4-8-15-13)9-19-12-7-3-2-6-11(12)16(17)18/h2-8H,9H2,1H3,(H,14,15). The Bertz CT molecular complexity index is 587. The number of para-hydroxylation sites is 2. The van der Waals surface area contributed by atoms with Crippen molar-refractivity contribution in [2.75, 3.05) is 12.4 Å². The number of aromatic nitrogens is 1. The topological polar surface area (TPSA) is 77.3 Å². The molecule has 0 aliphatic heterocycles. The number of hydrogen-bond acceptors (Lipinski definition) is 5. The number of ether oxygens (including phenoxy) is 1. The molecule has 0 radical (unpaired) electrons. The molecular weight excluding hydrogens is 246 g/mol. The van der Waals surface area contributed by atoms with Crippen LogP contribution >= 0.6 is 0 Å². The molecule has 1 heterocycles. The normalized spacial score (nSPS) is 9.95. The highest BCUT2D eigenvalue weighted by Crippen LogP contribution is 2.27. The lowest BCUT2D eigenvalue weighted by Gasteiger charge is -2.09. The number of nitrogens with zero attached hydrogens (tertiary/aromatic N) is 2. The van der Waals surface area contributed by atoms with E-state index in [2.05, 4.69) is 10.3 Å². The Morgan fingerprint density at radius 2 is 2.11 bits per heavy atom. The molecule has 0 fully saturated rings. The Kier molecular flexibility index (Phi) is 3.92. The molecule has 0 atom stereocenters. The van der Waals surface area contributed by atoms with E-state index in [0.717, 1.165) is 5.56 Å². The summed E-state index contributed by atoms with van der Waals surface area (Å²) in [6, 6.07) is 9.94. The molecule has 0 saturated heterocycles. The van der Waals surface area contributed by atoms with Crippen molar-refractivity contribution < 1.29 is 9.66 Å². The van der Waals surface area contributed by atoms with E-state index in [0.29, 0.717) is 5.82 Å².